The summed E-state index contributed by atoms with van der Waals surface area (Å²) in [6.07, 6.45) is 0.712. The number of carbonyl (C=O) groups is 4. The van der Waals surface area contributed by atoms with Gasteiger partial charge in [0.25, 0.3) is 0 Å². The van der Waals surface area contributed by atoms with Crippen molar-refractivity contribution in [2.75, 3.05) is 27.2 Å². The zero-order valence-electron chi connectivity index (χ0n) is 17.2. The molecule has 0 heterocycles. The molecule has 0 atom stereocenters. The van der Waals surface area contributed by atoms with Gasteiger partial charge in [0.2, 0.25) is 5.91 Å². The summed E-state index contributed by atoms with van der Waals surface area (Å²) in [6, 6.07) is 0. The zero-order chi connectivity index (χ0) is 21.1. The Bertz CT molecular complexity index is 734. The van der Waals surface area contributed by atoms with Crippen molar-refractivity contribution in [1.82, 2.24) is 9.80 Å². The van der Waals surface area contributed by atoms with E-state index in [0.29, 0.717) is 41.8 Å². The van der Waals surface area contributed by atoms with Crippen LogP contribution in [0.15, 0.2) is 22.3 Å². The first-order valence-corrected chi connectivity index (χ1v) is 9.31. The van der Waals surface area contributed by atoms with Gasteiger partial charge in [-0.05, 0) is 38.8 Å². The van der Waals surface area contributed by atoms with Crippen LogP contribution in [0.3, 0.4) is 0 Å². The van der Waals surface area contributed by atoms with Crippen molar-refractivity contribution in [2.45, 2.75) is 47.5 Å². The Hall–Kier alpha value is -1.95. The average Bonchev–Trinajstić information content (AvgIpc) is 2.57. The van der Waals surface area contributed by atoms with Gasteiger partial charge in [-0.3, -0.25) is 19.2 Å². The van der Waals surface area contributed by atoms with Gasteiger partial charge >= 0.3 is 5.37 Å². The molecule has 2 amide bonds. The molecule has 1 aliphatic rings. The first-order chi connectivity index (χ1) is 12.3. The number of allylic oxidation sites excluding steroid dienone is 4. The highest BCUT2D eigenvalue weighted by Crippen LogP contribution is 2.39. The van der Waals surface area contributed by atoms with Gasteiger partial charge in [0.15, 0.2) is 11.6 Å². The van der Waals surface area contributed by atoms with E-state index in [4.69, 9.17) is 11.6 Å². The normalized spacial score (nSPS) is 15.4. The number of Topliss-reactive ketones (excluding diaryl/α,β-unsaturated/α-hetero) is 2. The molecule has 0 saturated carbocycles. The maximum atomic E-state index is 12.8. The molecule has 0 fully saturated rings. The summed E-state index contributed by atoms with van der Waals surface area (Å²) in [5, 5.41) is -0.535. The van der Waals surface area contributed by atoms with Crippen molar-refractivity contribution in [2.24, 2.45) is 5.41 Å². The van der Waals surface area contributed by atoms with Gasteiger partial charge in [0.1, 0.15) is 0 Å². The molecule has 0 aromatic rings. The van der Waals surface area contributed by atoms with Crippen LogP contribution < -0.4 is 0 Å². The molecule has 0 aromatic carbocycles. The minimum Gasteiger partial charge on any atom is -0.346 e. The van der Waals surface area contributed by atoms with E-state index in [-0.39, 0.29) is 23.9 Å². The summed E-state index contributed by atoms with van der Waals surface area (Å²) in [5.74, 6) is -0.415. The molecule has 0 bridgehead atoms. The van der Waals surface area contributed by atoms with Crippen LogP contribution >= 0.6 is 11.6 Å². The standard InChI is InChI=1S/C20H29ClN2O4/c1-12-13(2)18(26)16(14(3)17(12)25)20(4,5)11-15(24)22(6)9-8-10-23(7)19(21)27/h8-11H2,1-7H3. The summed E-state index contributed by atoms with van der Waals surface area (Å²) in [6.45, 7) is 9.51. The molecule has 0 N–H and O–H groups in total. The molecule has 0 radical (unpaired) electrons. The Balaban J connectivity index is 2.84. The monoisotopic (exact) mass is 396 g/mol. The molecule has 1 aliphatic carbocycles. The van der Waals surface area contributed by atoms with E-state index in [1.807, 2.05) is 13.8 Å². The van der Waals surface area contributed by atoms with Gasteiger partial charge in [0.05, 0.1) is 0 Å². The minimum absolute atomic E-state index is 0.117. The molecule has 0 saturated heterocycles. The van der Waals surface area contributed by atoms with Crippen LogP contribution in [-0.4, -0.2) is 59.8 Å². The fraction of sp³-hybridized carbons (Fsp3) is 0.600. The van der Waals surface area contributed by atoms with Crippen molar-refractivity contribution in [1.29, 1.82) is 0 Å². The van der Waals surface area contributed by atoms with E-state index in [1.54, 1.807) is 39.8 Å². The third kappa shape index (κ3) is 5.28. The maximum absolute atomic E-state index is 12.8. The third-order valence-corrected chi connectivity index (χ3v) is 5.46. The quantitative estimate of drug-likeness (QED) is 0.375. The highest BCUT2D eigenvalue weighted by molar-refractivity contribution is 6.62. The van der Waals surface area contributed by atoms with E-state index >= 15 is 0 Å². The van der Waals surface area contributed by atoms with Gasteiger partial charge in [-0.15, -0.1) is 0 Å². The molecule has 0 aliphatic heterocycles. The van der Waals surface area contributed by atoms with Crippen molar-refractivity contribution in [3.05, 3.63) is 22.3 Å². The topological polar surface area (TPSA) is 74.8 Å². The highest BCUT2D eigenvalue weighted by Gasteiger charge is 2.38. The molecule has 0 unspecified atom stereocenters. The van der Waals surface area contributed by atoms with Crippen LogP contribution in [0.25, 0.3) is 0 Å². The molecule has 6 nitrogen and oxygen atoms in total. The Morgan fingerprint density at radius 2 is 1.37 bits per heavy atom. The second-order valence-corrected chi connectivity index (χ2v) is 8.14. The number of halogens is 1. The molecular formula is C20H29ClN2O4. The first kappa shape index (κ1) is 23.1. The van der Waals surface area contributed by atoms with Crippen molar-refractivity contribution in [3.63, 3.8) is 0 Å². The zero-order valence-corrected chi connectivity index (χ0v) is 18.0. The van der Waals surface area contributed by atoms with E-state index < -0.39 is 10.8 Å². The van der Waals surface area contributed by atoms with Gasteiger partial charge in [0, 0.05) is 61.3 Å². The lowest BCUT2D eigenvalue weighted by atomic mass is 9.71. The largest absolute Gasteiger partial charge is 0.346 e. The highest BCUT2D eigenvalue weighted by atomic mass is 35.5. The van der Waals surface area contributed by atoms with Crippen LogP contribution in [-0.2, 0) is 14.4 Å². The number of hydrogen-bond donors (Lipinski definition) is 0. The number of rotatable bonds is 7. The Morgan fingerprint density at radius 3 is 1.89 bits per heavy atom. The Kier molecular flexibility index (Phi) is 7.55. The lowest BCUT2D eigenvalue weighted by Gasteiger charge is -2.32. The SMILES string of the molecule is CC1=C(C)C(=O)C(C(C)(C)CC(=O)N(C)CCCN(C)C(=O)Cl)=C(C)C1=O. The van der Waals surface area contributed by atoms with Gasteiger partial charge in [-0.1, -0.05) is 13.8 Å². The molecule has 1 rings (SSSR count). The van der Waals surface area contributed by atoms with Crippen LogP contribution in [0.4, 0.5) is 4.79 Å². The van der Waals surface area contributed by atoms with E-state index in [2.05, 4.69) is 0 Å². The average molecular weight is 397 g/mol. The lowest BCUT2D eigenvalue weighted by molar-refractivity contribution is -0.131. The van der Waals surface area contributed by atoms with Gasteiger partial charge in [-0.2, -0.15) is 0 Å². The smallest absolute Gasteiger partial charge is 0.316 e. The number of hydrogen-bond acceptors (Lipinski definition) is 4. The Morgan fingerprint density at radius 1 is 0.889 bits per heavy atom. The molecule has 0 aromatic heterocycles. The summed E-state index contributed by atoms with van der Waals surface area (Å²) in [4.78, 5) is 51.8. The summed E-state index contributed by atoms with van der Waals surface area (Å²) >= 11 is 5.38. The molecular weight excluding hydrogens is 368 g/mol. The van der Waals surface area contributed by atoms with Crippen LogP contribution in [0.1, 0.15) is 47.5 Å². The van der Waals surface area contributed by atoms with Crippen LogP contribution in [0, 0.1) is 5.41 Å². The molecule has 7 heteroatoms. The lowest BCUT2D eigenvalue weighted by Crippen LogP contribution is -2.37. The molecule has 150 valence electrons. The number of ketones is 2. The molecule has 27 heavy (non-hydrogen) atoms. The van der Waals surface area contributed by atoms with Crippen molar-refractivity contribution >= 4 is 34.4 Å². The third-order valence-electron chi connectivity index (χ3n) is 5.17. The Labute approximate surface area is 166 Å². The predicted octanol–water partition coefficient (Wildman–Crippen LogP) is 3.35. The first-order valence-electron chi connectivity index (χ1n) is 8.94. The van der Waals surface area contributed by atoms with Crippen LogP contribution in [0.5, 0.6) is 0 Å². The predicted molar refractivity (Wildman–Crippen MR) is 106 cm³/mol. The number of carbonyl (C=O) groups excluding carboxylic acids is 4. The summed E-state index contributed by atoms with van der Waals surface area (Å²) < 4.78 is 0. The van der Waals surface area contributed by atoms with E-state index in [9.17, 15) is 19.2 Å². The van der Waals surface area contributed by atoms with Gasteiger partial charge in [-0.25, -0.2) is 0 Å². The van der Waals surface area contributed by atoms with Crippen LogP contribution in [0.2, 0.25) is 0 Å². The minimum atomic E-state index is -0.757. The summed E-state index contributed by atoms with van der Waals surface area (Å²) in [5.41, 5.74) is 1.00. The van der Waals surface area contributed by atoms with E-state index in [1.165, 1.54) is 4.90 Å². The van der Waals surface area contributed by atoms with Crippen molar-refractivity contribution < 1.29 is 19.2 Å². The second-order valence-electron chi connectivity index (χ2n) is 7.81. The maximum Gasteiger partial charge on any atom is 0.316 e. The summed E-state index contributed by atoms with van der Waals surface area (Å²) in [7, 11) is 3.28. The van der Waals surface area contributed by atoms with Gasteiger partial charge < -0.3 is 9.80 Å². The number of nitrogens with zero attached hydrogens (tertiary/aromatic N) is 2. The molecule has 0 spiro atoms. The fourth-order valence-electron chi connectivity index (χ4n) is 3.27. The fourth-order valence-corrected chi connectivity index (χ4v) is 3.35. The van der Waals surface area contributed by atoms with E-state index in [0.717, 1.165) is 0 Å². The van der Waals surface area contributed by atoms with Crippen molar-refractivity contribution in [3.8, 4) is 0 Å². The number of amides is 2. The second kappa shape index (κ2) is 8.83.